The molecule has 10 heteroatoms. The molecule has 38 heavy (non-hydrogen) atoms. The maximum atomic E-state index is 12.6. The van der Waals surface area contributed by atoms with E-state index < -0.39 is 6.36 Å². The van der Waals surface area contributed by atoms with Crippen LogP contribution in [0.4, 0.5) is 13.2 Å². The maximum Gasteiger partial charge on any atom is 0.573 e. The van der Waals surface area contributed by atoms with Crippen LogP contribution >= 0.6 is 0 Å². The van der Waals surface area contributed by atoms with Crippen LogP contribution in [0.15, 0.2) is 60.9 Å². The first-order valence-electron chi connectivity index (χ1n) is 12.2. The van der Waals surface area contributed by atoms with Crippen LogP contribution < -0.4 is 14.8 Å². The standard InChI is InChI=1S/C28H27F3N4O3/c29-28(30,31)38-22-16-20(7-9-32)15-21(17-22)18-33-10-3-4-12-36-13-14-37-27-24-8-11-34-19-25(24)23-5-1-2-6-26(23)35-27/h1-2,5-6,8,11,15-17,19,33H,3-4,7,10,12-14,18H2. The quantitative estimate of drug-likeness (QED) is 0.177. The SMILES string of the molecule is N#CCc1cc(CNCCCCOCCOc2nc3ccccc3c3cnccc23)cc(OC(F)(F)F)c1. The molecule has 0 aliphatic carbocycles. The summed E-state index contributed by atoms with van der Waals surface area (Å²) >= 11 is 0. The summed E-state index contributed by atoms with van der Waals surface area (Å²) in [5.41, 5.74) is 1.94. The van der Waals surface area contributed by atoms with Gasteiger partial charge in [0.2, 0.25) is 5.88 Å². The summed E-state index contributed by atoms with van der Waals surface area (Å²) in [6, 6.07) is 16.0. The van der Waals surface area contributed by atoms with E-state index in [0.29, 0.717) is 49.9 Å². The van der Waals surface area contributed by atoms with Crippen LogP contribution in [0.1, 0.15) is 24.0 Å². The number of nitrogens with zero attached hydrogens (tertiary/aromatic N) is 3. The Hall–Kier alpha value is -3.94. The summed E-state index contributed by atoms with van der Waals surface area (Å²) in [5.74, 6) is 0.234. The van der Waals surface area contributed by atoms with Gasteiger partial charge in [-0.25, -0.2) is 4.98 Å². The van der Waals surface area contributed by atoms with E-state index >= 15 is 0 Å². The Balaban J connectivity index is 1.15. The lowest BCUT2D eigenvalue weighted by Crippen LogP contribution is -2.18. The smallest absolute Gasteiger partial charge is 0.475 e. The van der Waals surface area contributed by atoms with Gasteiger partial charge < -0.3 is 19.5 Å². The van der Waals surface area contributed by atoms with Gasteiger partial charge in [0, 0.05) is 41.7 Å². The predicted octanol–water partition coefficient (Wildman–Crippen LogP) is 5.71. The zero-order chi connectivity index (χ0) is 26.8. The topological polar surface area (TPSA) is 89.3 Å². The van der Waals surface area contributed by atoms with Crippen LogP contribution in [-0.4, -0.2) is 42.7 Å². The summed E-state index contributed by atoms with van der Waals surface area (Å²) in [5, 5.41) is 15.0. The fraction of sp³-hybridized carbons (Fsp3) is 0.321. The summed E-state index contributed by atoms with van der Waals surface area (Å²) in [4.78, 5) is 8.87. The molecule has 4 aromatic rings. The molecule has 0 amide bonds. The van der Waals surface area contributed by atoms with Crippen molar-refractivity contribution in [3.05, 3.63) is 72.1 Å². The van der Waals surface area contributed by atoms with Gasteiger partial charge >= 0.3 is 6.36 Å². The van der Waals surface area contributed by atoms with E-state index in [1.807, 2.05) is 42.6 Å². The molecule has 0 aliphatic heterocycles. The maximum absolute atomic E-state index is 12.6. The van der Waals surface area contributed by atoms with E-state index in [0.717, 1.165) is 34.5 Å². The molecular weight excluding hydrogens is 497 g/mol. The number of unbranched alkanes of at least 4 members (excludes halogenated alkanes) is 1. The first kappa shape index (κ1) is 27.1. The molecule has 0 radical (unpaired) electrons. The van der Waals surface area contributed by atoms with Crippen molar-refractivity contribution in [1.82, 2.24) is 15.3 Å². The van der Waals surface area contributed by atoms with Crippen LogP contribution in [0.5, 0.6) is 11.6 Å². The minimum atomic E-state index is -4.78. The molecule has 0 saturated heterocycles. The Morgan fingerprint density at radius 1 is 0.921 bits per heavy atom. The largest absolute Gasteiger partial charge is 0.573 e. The lowest BCUT2D eigenvalue weighted by molar-refractivity contribution is -0.274. The molecule has 1 N–H and O–H groups in total. The number of benzene rings is 2. The third kappa shape index (κ3) is 7.78. The number of para-hydroxylation sites is 1. The van der Waals surface area contributed by atoms with E-state index in [9.17, 15) is 13.2 Å². The first-order chi connectivity index (χ1) is 18.4. The molecule has 2 heterocycles. The lowest BCUT2D eigenvalue weighted by Gasteiger charge is -2.12. The second-order valence-corrected chi connectivity index (χ2v) is 8.57. The van der Waals surface area contributed by atoms with Gasteiger partial charge in [-0.1, -0.05) is 24.3 Å². The number of aromatic nitrogens is 2. The fourth-order valence-corrected chi connectivity index (χ4v) is 4.08. The first-order valence-corrected chi connectivity index (χ1v) is 12.2. The minimum absolute atomic E-state index is 0.00741. The van der Waals surface area contributed by atoms with Crippen molar-refractivity contribution in [2.45, 2.75) is 32.2 Å². The summed E-state index contributed by atoms with van der Waals surface area (Å²) in [6.45, 7) is 2.37. The van der Waals surface area contributed by atoms with Crippen molar-refractivity contribution in [1.29, 1.82) is 5.26 Å². The second-order valence-electron chi connectivity index (χ2n) is 8.57. The average Bonchev–Trinajstić information content (AvgIpc) is 2.89. The van der Waals surface area contributed by atoms with Gasteiger partial charge in [-0.2, -0.15) is 5.26 Å². The molecule has 2 aromatic carbocycles. The number of alkyl halides is 3. The molecule has 7 nitrogen and oxygen atoms in total. The summed E-state index contributed by atoms with van der Waals surface area (Å²) in [6.07, 6.45) is 0.399. The van der Waals surface area contributed by atoms with Crippen LogP contribution in [0.2, 0.25) is 0 Å². The number of nitrogens with one attached hydrogen (secondary N) is 1. The zero-order valence-corrected chi connectivity index (χ0v) is 20.6. The highest BCUT2D eigenvalue weighted by molar-refractivity contribution is 6.07. The Kier molecular flexibility index (Phi) is 9.30. The van der Waals surface area contributed by atoms with Gasteiger partial charge in [0.05, 0.1) is 24.6 Å². The van der Waals surface area contributed by atoms with Crippen LogP contribution in [0.3, 0.4) is 0 Å². The highest BCUT2D eigenvalue weighted by Crippen LogP contribution is 2.30. The number of pyridine rings is 2. The third-order valence-electron chi connectivity index (χ3n) is 5.70. The molecule has 0 unspecified atom stereocenters. The van der Waals surface area contributed by atoms with Gasteiger partial charge in [0.25, 0.3) is 0 Å². The fourth-order valence-electron chi connectivity index (χ4n) is 4.08. The molecule has 0 saturated carbocycles. The van der Waals surface area contributed by atoms with Crippen molar-refractivity contribution in [2.24, 2.45) is 0 Å². The number of nitriles is 1. The molecule has 0 spiro atoms. The van der Waals surface area contributed by atoms with E-state index in [1.165, 1.54) is 12.1 Å². The molecule has 2 aromatic heterocycles. The number of ether oxygens (including phenoxy) is 3. The summed E-state index contributed by atoms with van der Waals surface area (Å²) < 4.78 is 53.3. The van der Waals surface area contributed by atoms with Crippen molar-refractivity contribution >= 4 is 21.7 Å². The molecular formula is C28H27F3N4O3. The van der Waals surface area contributed by atoms with Gasteiger partial charge in [0.1, 0.15) is 12.4 Å². The normalized spacial score (nSPS) is 11.5. The molecule has 0 atom stereocenters. The van der Waals surface area contributed by atoms with Crippen LogP contribution in [0.25, 0.3) is 21.7 Å². The van der Waals surface area contributed by atoms with Gasteiger partial charge in [-0.05, 0) is 54.8 Å². The number of rotatable bonds is 13. The van der Waals surface area contributed by atoms with Gasteiger partial charge in [-0.3, -0.25) is 4.98 Å². The lowest BCUT2D eigenvalue weighted by atomic mass is 10.1. The number of hydrogen-bond acceptors (Lipinski definition) is 7. The zero-order valence-electron chi connectivity index (χ0n) is 20.6. The van der Waals surface area contributed by atoms with Crippen molar-refractivity contribution < 1.29 is 27.4 Å². The Labute approximate surface area is 218 Å². The number of fused-ring (bicyclic) bond motifs is 3. The Morgan fingerprint density at radius 2 is 1.76 bits per heavy atom. The Bertz CT molecular complexity index is 1410. The summed E-state index contributed by atoms with van der Waals surface area (Å²) in [7, 11) is 0. The third-order valence-corrected chi connectivity index (χ3v) is 5.70. The molecule has 0 aliphatic rings. The molecule has 0 bridgehead atoms. The van der Waals surface area contributed by atoms with Gasteiger partial charge in [-0.15, -0.1) is 13.2 Å². The minimum Gasteiger partial charge on any atom is -0.475 e. The average molecular weight is 525 g/mol. The van der Waals surface area contributed by atoms with E-state index in [1.54, 1.807) is 12.3 Å². The van der Waals surface area contributed by atoms with E-state index in [2.05, 4.69) is 20.0 Å². The van der Waals surface area contributed by atoms with E-state index in [4.69, 9.17) is 14.7 Å². The van der Waals surface area contributed by atoms with Crippen LogP contribution in [0, 0.1) is 11.3 Å². The molecule has 0 fully saturated rings. The van der Waals surface area contributed by atoms with Gasteiger partial charge in [0.15, 0.2) is 0 Å². The van der Waals surface area contributed by atoms with Crippen molar-refractivity contribution in [2.75, 3.05) is 26.4 Å². The number of hydrogen-bond donors (Lipinski definition) is 1. The Morgan fingerprint density at radius 3 is 2.61 bits per heavy atom. The monoisotopic (exact) mass is 524 g/mol. The number of halogens is 3. The van der Waals surface area contributed by atoms with Crippen molar-refractivity contribution in [3.8, 4) is 17.7 Å². The molecule has 198 valence electrons. The van der Waals surface area contributed by atoms with Crippen molar-refractivity contribution in [3.63, 3.8) is 0 Å². The highest BCUT2D eigenvalue weighted by atomic mass is 19.4. The predicted molar refractivity (Wildman–Crippen MR) is 137 cm³/mol. The van der Waals surface area contributed by atoms with Crippen LogP contribution in [-0.2, 0) is 17.7 Å². The highest BCUT2D eigenvalue weighted by Gasteiger charge is 2.31. The molecule has 4 rings (SSSR count). The second kappa shape index (κ2) is 13.0. The van der Waals surface area contributed by atoms with E-state index in [-0.39, 0.29) is 12.2 Å².